The highest BCUT2D eigenvalue weighted by Crippen LogP contribution is 2.42. The molecule has 0 bridgehead atoms. The van der Waals surface area contributed by atoms with Gasteiger partial charge in [-0.1, -0.05) is 20.3 Å². The predicted octanol–water partition coefficient (Wildman–Crippen LogP) is 2.75. The van der Waals surface area contributed by atoms with Gasteiger partial charge in [-0.05, 0) is 25.7 Å². The molecule has 1 nitrogen and oxygen atoms in total. The van der Waals surface area contributed by atoms with Crippen LogP contribution in [0, 0.1) is 0 Å². The van der Waals surface area contributed by atoms with E-state index in [9.17, 15) is 0 Å². The first-order chi connectivity index (χ1) is 4.83. The standard InChI is InChI=1S/C9H18O/c1-3-5-8-10-9(4-2)6-7-9/h3-8H2,1-2H3. The van der Waals surface area contributed by atoms with Crippen LogP contribution in [0.5, 0.6) is 0 Å². The van der Waals surface area contributed by atoms with Crippen molar-refractivity contribution in [3.63, 3.8) is 0 Å². The number of hydrogen-bond acceptors (Lipinski definition) is 1. The van der Waals surface area contributed by atoms with Gasteiger partial charge < -0.3 is 4.74 Å². The summed E-state index contributed by atoms with van der Waals surface area (Å²) in [4.78, 5) is 0. The third kappa shape index (κ3) is 1.98. The minimum absolute atomic E-state index is 0.342. The summed E-state index contributed by atoms with van der Waals surface area (Å²) in [7, 11) is 0. The minimum Gasteiger partial charge on any atom is -0.375 e. The molecule has 0 radical (unpaired) electrons. The molecule has 0 aromatic heterocycles. The van der Waals surface area contributed by atoms with Crippen molar-refractivity contribution in [3.8, 4) is 0 Å². The monoisotopic (exact) mass is 142 g/mol. The van der Waals surface area contributed by atoms with Gasteiger partial charge in [0.15, 0.2) is 0 Å². The smallest absolute Gasteiger partial charge is 0.0682 e. The Morgan fingerprint density at radius 3 is 2.40 bits per heavy atom. The summed E-state index contributed by atoms with van der Waals surface area (Å²) in [6, 6.07) is 0. The number of ether oxygens (including phenoxy) is 1. The molecule has 1 fully saturated rings. The average molecular weight is 142 g/mol. The Morgan fingerprint density at radius 2 is 2.00 bits per heavy atom. The molecule has 0 saturated heterocycles. The van der Waals surface area contributed by atoms with Crippen LogP contribution in [0.1, 0.15) is 46.0 Å². The second-order valence-corrected chi connectivity index (χ2v) is 3.24. The van der Waals surface area contributed by atoms with Crippen molar-refractivity contribution >= 4 is 0 Å². The molecule has 10 heavy (non-hydrogen) atoms. The lowest BCUT2D eigenvalue weighted by molar-refractivity contribution is 0.0285. The summed E-state index contributed by atoms with van der Waals surface area (Å²) in [6.45, 7) is 5.40. The van der Waals surface area contributed by atoms with E-state index >= 15 is 0 Å². The zero-order chi connectivity index (χ0) is 7.45. The van der Waals surface area contributed by atoms with E-state index < -0.39 is 0 Å². The highest BCUT2D eigenvalue weighted by molar-refractivity contribution is 4.94. The summed E-state index contributed by atoms with van der Waals surface area (Å²) < 4.78 is 5.73. The molecular weight excluding hydrogens is 124 g/mol. The maximum atomic E-state index is 5.73. The highest BCUT2D eigenvalue weighted by Gasteiger charge is 2.41. The Kier molecular flexibility index (Phi) is 2.72. The molecule has 0 amide bonds. The summed E-state index contributed by atoms with van der Waals surface area (Å²) in [5.74, 6) is 0. The molecule has 0 heterocycles. The van der Waals surface area contributed by atoms with E-state index in [0.717, 1.165) is 6.61 Å². The van der Waals surface area contributed by atoms with Gasteiger partial charge in [-0.25, -0.2) is 0 Å². The van der Waals surface area contributed by atoms with E-state index in [0.29, 0.717) is 5.60 Å². The van der Waals surface area contributed by atoms with Crippen molar-refractivity contribution in [2.75, 3.05) is 6.61 Å². The van der Waals surface area contributed by atoms with Crippen LogP contribution in [-0.4, -0.2) is 12.2 Å². The minimum atomic E-state index is 0.342. The molecule has 0 atom stereocenters. The van der Waals surface area contributed by atoms with Crippen LogP contribution in [0.15, 0.2) is 0 Å². The number of hydrogen-bond donors (Lipinski definition) is 0. The molecule has 1 heteroatoms. The number of rotatable bonds is 5. The maximum Gasteiger partial charge on any atom is 0.0682 e. The van der Waals surface area contributed by atoms with E-state index in [-0.39, 0.29) is 0 Å². The van der Waals surface area contributed by atoms with Crippen molar-refractivity contribution in [1.29, 1.82) is 0 Å². The number of unbranched alkanes of at least 4 members (excludes halogenated alkanes) is 1. The van der Waals surface area contributed by atoms with Gasteiger partial charge in [0, 0.05) is 6.61 Å². The normalized spacial score (nSPS) is 21.0. The first kappa shape index (κ1) is 8.06. The molecule has 0 spiro atoms. The lowest BCUT2D eigenvalue weighted by Crippen LogP contribution is -2.12. The van der Waals surface area contributed by atoms with Crippen molar-refractivity contribution < 1.29 is 4.74 Å². The first-order valence-electron chi connectivity index (χ1n) is 4.47. The SMILES string of the molecule is CCCCOC1(CC)CC1. The third-order valence-electron chi connectivity index (χ3n) is 2.36. The van der Waals surface area contributed by atoms with Gasteiger partial charge in [0.1, 0.15) is 0 Å². The molecule has 1 aliphatic rings. The van der Waals surface area contributed by atoms with Gasteiger partial charge in [0.05, 0.1) is 5.60 Å². The fourth-order valence-electron chi connectivity index (χ4n) is 1.17. The van der Waals surface area contributed by atoms with E-state index in [2.05, 4.69) is 13.8 Å². The first-order valence-corrected chi connectivity index (χ1v) is 4.47. The van der Waals surface area contributed by atoms with Crippen LogP contribution in [0.25, 0.3) is 0 Å². The molecule has 0 unspecified atom stereocenters. The predicted molar refractivity (Wildman–Crippen MR) is 43.1 cm³/mol. The Balaban J connectivity index is 2.01. The zero-order valence-electron chi connectivity index (χ0n) is 7.15. The molecule has 60 valence electrons. The molecule has 0 aliphatic heterocycles. The van der Waals surface area contributed by atoms with Gasteiger partial charge in [-0.2, -0.15) is 0 Å². The quantitative estimate of drug-likeness (QED) is 0.536. The fraction of sp³-hybridized carbons (Fsp3) is 1.00. The Labute approximate surface area is 63.8 Å². The fourth-order valence-corrected chi connectivity index (χ4v) is 1.17. The van der Waals surface area contributed by atoms with E-state index in [1.807, 2.05) is 0 Å². The summed E-state index contributed by atoms with van der Waals surface area (Å²) >= 11 is 0. The van der Waals surface area contributed by atoms with Gasteiger partial charge in [0.25, 0.3) is 0 Å². The molecule has 0 aromatic carbocycles. The Bertz CT molecular complexity index is 94.9. The largest absolute Gasteiger partial charge is 0.375 e. The summed E-state index contributed by atoms with van der Waals surface area (Å²) in [5.41, 5.74) is 0.342. The van der Waals surface area contributed by atoms with Gasteiger partial charge >= 0.3 is 0 Å². The van der Waals surface area contributed by atoms with Crippen LogP contribution >= 0.6 is 0 Å². The zero-order valence-corrected chi connectivity index (χ0v) is 7.15. The summed E-state index contributed by atoms with van der Waals surface area (Å²) in [6.07, 6.45) is 6.28. The van der Waals surface area contributed by atoms with Crippen LogP contribution in [0.3, 0.4) is 0 Å². The molecule has 0 N–H and O–H groups in total. The third-order valence-corrected chi connectivity index (χ3v) is 2.36. The molecule has 1 aliphatic carbocycles. The van der Waals surface area contributed by atoms with Gasteiger partial charge in [-0.3, -0.25) is 0 Å². The van der Waals surface area contributed by atoms with Crippen molar-refractivity contribution in [3.05, 3.63) is 0 Å². The average Bonchev–Trinajstić information content (AvgIpc) is 2.70. The molecule has 0 aromatic rings. The van der Waals surface area contributed by atoms with Crippen LogP contribution in [0.2, 0.25) is 0 Å². The lowest BCUT2D eigenvalue weighted by atomic mass is 10.2. The molecule has 1 saturated carbocycles. The van der Waals surface area contributed by atoms with Crippen LogP contribution in [-0.2, 0) is 4.74 Å². The highest BCUT2D eigenvalue weighted by atomic mass is 16.5. The van der Waals surface area contributed by atoms with Crippen molar-refractivity contribution in [2.24, 2.45) is 0 Å². The van der Waals surface area contributed by atoms with E-state index in [4.69, 9.17) is 4.74 Å². The van der Waals surface area contributed by atoms with Gasteiger partial charge in [-0.15, -0.1) is 0 Å². The lowest BCUT2D eigenvalue weighted by Gasteiger charge is -2.12. The van der Waals surface area contributed by atoms with Crippen molar-refractivity contribution in [1.82, 2.24) is 0 Å². The van der Waals surface area contributed by atoms with E-state index in [1.54, 1.807) is 0 Å². The van der Waals surface area contributed by atoms with Gasteiger partial charge in [0.2, 0.25) is 0 Å². The van der Waals surface area contributed by atoms with E-state index in [1.165, 1.54) is 32.1 Å². The Morgan fingerprint density at radius 1 is 1.30 bits per heavy atom. The Hall–Kier alpha value is -0.0400. The second kappa shape index (κ2) is 3.38. The summed E-state index contributed by atoms with van der Waals surface area (Å²) in [5, 5.41) is 0. The van der Waals surface area contributed by atoms with Crippen LogP contribution in [0.4, 0.5) is 0 Å². The topological polar surface area (TPSA) is 9.23 Å². The van der Waals surface area contributed by atoms with Crippen LogP contribution < -0.4 is 0 Å². The molecule has 1 rings (SSSR count). The maximum absolute atomic E-state index is 5.73. The second-order valence-electron chi connectivity index (χ2n) is 3.24. The molecular formula is C9H18O. The van der Waals surface area contributed by atoms with Crippen molar-refractivity contribution in [2.45, 2.75) is 51.6 Å².